The molecule has 14 heavy (non-hydrogen) atoms. The van der Waals surface area contributed by atoms with Crippen LogP contribution in [0.25, 0.3) is 0 Å². The Labute approximate surface area is 83.7 Å². The number of rotatable bonds is 3. The molecule has 1 N–H and O–H groups in total. The fourth-order valence-electron chi connectivity index (χ4n) is 1.63. The van der Waals surface area contributed by atoms with Gasteiger partial charge in [-0.3, -0.25) is 0 Å². The van der Waals surface area contributed by atoms with Gasteiger partial charge in [0.2, 0.25) is 0 Å². The number of ether oxygens (including phenoxy) is 1. The molecule has 2 rings (SSSR count). The molecule has 1 aliphatic rings. The molecule has 0 aliphatic carbocycles. The van der Waals surface area contributed by atoms with E-state index in [9.17, 15) is 0 Å². The van der Waals surface area contributed by atoms with Crippen LogP contribution in [0.1, 0.15) is 23.9 Å². The van der Waals surface area contributed by atoms with Gasteiger partial charge in [0.05, 0.1) is 12.3 Å². The van der Waals surface area contributed by atoms with Crippen LogP contribution in [0.2, 0.25) is 0 Å². The van der Waals surface area contributed by atoms with E-state index in [0.717, 1.165) is 37.7 Å². The summed E-state index contributed by atoms with van der Waals surface area (Å²) in [6.07, 6.45) is 2.87. The molecule has 0 radical (unpaired) electrons. The third-order valence-electron chi connectivity index (χ3n) is 2.38. The Morgan fingerprint density at radius 2 is 2.57 bits per heavy atom. The van der Waals surface area contributed by atoms with E-state index in [2.05, 4.69) is 15.3 Å². The van der Waals surface area contributed by atoms with Crippen LogP contribution in [0, 0.1) is 0 Å². The molecule has 1 unspecified atom stereocenters. The minimum Gasteiger partial charge on any atom is -0.381 e. The summed E-state index contributed by atoms with van der Waals surface area (Å²) in [5, 5.41) is 3.08. The molecule has 1 atom stereocenters. The predicted octanol–water partition coefficient (Wildman–Crippen LogP) is 0.700. The van der Waals surface area contributed by atoms with E-state index in [1.54, 1.807) is 0 Å². The first-order chi connectivity index (χ1) is 6.90. The van der Waals surface area contributed by atoms with Gasteiger partial charge in [0.15, 0.2) is 0 Å². The van der Waals surface area contributed by atoms with E-state index in [1.165, 1.54) is 0 Å². The lowest BCUT2D eigenvalue weighted by Crippen LogP contribution is -2.11. The first kappa shape index (κ1) is 9.55. The average molecular weight is 193 g/mol. The average Bonchev–Trinajstić information content (AvgIpc) is 2.71. The smallest absolute Gasteiger partial charge is 0.134 e. The highest BCUT2D eigenvalue weighted by Crippen LogP contribution is 2.21. The van der Waals surface area contributed by atoms with E-state index >= 15 is 0 Å². The molecule has 1 aromatic heterocycles. The Hall–Kier alpha value is -1.00. The predicted molar refractivity (Wildman–Crippen MR) is 53.0 cm³/mol. The normalized spacial score (nSPS) is 21.4. The number of hydrogen-bond donors (Lipinski definition) is 1. The van der Waals surface area contributed by atoms with Crippen LogP contribution in [0.5, 0.6) is 0 Å². The van der Waals surface area contributed by atoms with E-state index in [4.69, 9.17) is 4.74 Å². The van der Waals surface area contributed by atoms with Crippen LogP contribution in [0.15, 0.2) is 12.3 Å². The zero-order valence-corrected chi connectivity index (χ0v) is 8.36. The van der Waals surface area contributed by atoms with E-state index in [0.29, 0.717) is 5.92 Å². The molecule has 1 aromatic rings. The van der Waals surface area contributed by atoms with Crippen molar-refractivity contribution in [3.63, 3.8) is 0 Å². The SMILES string of the molecule is CNCc1ccnc(C2CCOC2)n1. The third-order valence-corrected chi connectivity index (χ3v) is 2.38. The van der Waals surface area contributed by atoms with Gasteiger partial charge in [-0.25, -0.2) is 9.97 Å². The van der Waals surface area contributed by atoms with Gasteiger partial charge >= 0.3 is 0 Å². The maximum absolute atomic E-state index is 5.32. The Morgan fingerprint density at radius 1 is 1.64 bits per heavy atom. The number of nitrogens with one attached hydrogen (secondary N) is 1. The Morgan fingerprint density at radius 3 is 3.29 bits per heavy atom. The van der Waals surface area contributed by atoms with Crippen molar-refractivity contribution in [1.29, 1.82) is 0 Å². The number of nitrogens with zero attached hydrogens (tertiary/aromatic N) is 2. The van der Waals surface area contributed by atoms with Crippen molar-refractivity contribution in [2.45, 2.75) is 18.9 Å². The first-order valence-corrected chi connectivity index (χ1v) is 4.94. The lowest BCUT2D eigenvalue weighted by Gasteiger charge is -2.07. The minimum absolute atomic E-state index is 0.395. The topological polar surface area (TPSA) is 47.0 Å². The van der Waals surface area contributed by atoms with Crippen LogP contribution in [-0.2, 0) is 11.3 Å². The van der Waals surface area contributed by atoms with Gasteiger partial charge in [-0.1, -0.05) is 0 Å². The fourth-order valence-corrected chi connectivity index (χ4v) is 1.63. The summed E-state index contributed by atoms with van der Waals surface area (Å²) in [5.74, 6) is 1.32. The van der Waals surface area contributed by atoms with Crippen LogP contribution in [-0.4, -0.2) is 30.2 Å². The molecule has 76 valence electrons. The molecule has 0 saturated carbocycles. The number of aromatic nitrogens is 2. The van der Waals surface area contributed by atoms with Gasteiger partial charge in [0.1, 0.15) is 5.82 Å². The van der Waals surface area contributed by atoms with Crippen molar-refractivity contribution in [3.8, 4) is 0 Å². The molecule has 1 saturated heterocycles. The van der Waals surface area contributed by atoms with Crippen LogP contribution in [0.3, 0.4) is 0 Å². The highest BCUT2D eigenvalue weighted by molar-refractivity contribution is 5.06. The second-order valence-corrected chi connectivity index (χ2v) is 3.50. The van der Waals surface area contributed by atoms with Crippen LogP contribution >= 0.6 is 0 Å². The number of hydrogen-bond acceptors (Lipinski definition) is 4. The van der Waals surface area contributed by atoms with Gasteiger partial charge in [-0.05, 0) is 19.5 Å². The molecular formula is C10H15N3O. The van der Waals surface area contributed by atoms with E-state index in [-0.39, 0.29) is 0 Å². The molecule has 0 amide bonds. The van der Waals surface area contributed by atoms with Crippen molar-refractivity contribution in [3.05, 3.63) is 23.8 Å². The molecule has 1 aliphatic heterocycles. The van der Waals surface area contributed by atoms with Gasteiger partial charge in [0.25, 0.3) is 0 Å². The van der Waals surface area contributed by atoms with Gasteiger partial charge in [-0.15, -0.1) is 0 Å². The van der Waals surface area contributed by atoms with E-state index in [1.807, 2.05) is 19.3 Å². The van der Waals surface area contributed by atoms with Crippen LogP contribution in [0.4, 0.5) is 0 Å². The molecule has 0 spiro atoms. The maximum atomic E-state index is 5.32. The van der Waals surface area contributed by atoms with Crippen molar-refractivity contribution in [1.82, 2.24) is 15.3 Å². The second-order valence-electron chi connectivity index (χ2n) is 3.50. The van der Waals surface area contributed by atoms with Crippen molar-refractivity contribution >= 4 is 0 Å². The zero-order chi connectivity index (χ0) is 9.80. The highest BCUT2D eigenvalue weighted by Gasteiger charge is 2.20. The summed E-state index contributed by atoms with van der Waals surface area (Å²) in [5.41, 5.74) is 1.05. The summed E-state index contributed by atoms with van der Waals surface area (Å²) >= 11 is 0. The zero-order valence-electron chi connectivity index (χ0n) is 8.36. The van der Waals surface area contributed by atoms with Gasteiger partial charge < -0.3 is 10.1 Å². The van der Waals surface area contributed by atoms with E-state index < -0.39 is 0 Å². The Bertz CT molecular complexity index is 297. The first-order valence-electron chi connectivity index (χ1n) is 4.94. The second kappa shape index (κ2) is 4.48. The lowest BCUT2D eigenvalue weighted by atomic mass is 10.1. The Kier molecular flexibility index (Phi) is 3.06. The molecule has 0 bridgehead atoms. The monoisotopic (exact) mass is 193 g/mol. The minimum atomic E-state index is 0.395. The fraction of sp³-hybridized carbons (Fsp3) is 0.600. The Balaban J connectivity index is 2.12. The molecule has 4 heteroatoms. The quantitative estimate of drug-likeness (QED) is 0.767. The molecular weight excluding hydrogens is 178 g/mol. The molecule has 4 nitrogen and oxygen atoms in total. The van der Waals surface area contributed by atoms with Crippen LogP contribution < -0.4 is 5.32 Å². The molecule has 1 fully saturated rings. The van der Waals surface area contributed by atoms with Crippen molar-refractivity contribution in [2.75, 3.05) is 20.3 Å². The maximum Gasteiger partial charge on any atom is 0.134 e. The van der Waals surface area contributed by atoms with Crippen molar-refractivity contribution < 1.29 is 4.74 Å². The lowest BCUT2D eigenvalue weighted by molar-refractivity contribution is 0.193. The highest BCUT2D eigenvalue weighted by atomic mass is 16.5. The summed E-state index contributed by atoms with van der Waals surface area (Å²) in [6.45, 7) is 2.40. The summed E-state index contributed by atoms with van der Waals surface area (Å²) in [7, 11) is 1.92. The molecule has 2 heterocycles. The third kappa shape index (κ3) is 2.08. The largest absolute Gasteiger partial charge is 0.381 e. The summed E-state index contributed by atoms with van der Waals surface area (Å²) in [6, 6.07) is 1.94. The van der Waals surface area contributed by atoms with Gasteiger partial charge in [-0.2, -0.15) is 0 Å². The summed E-state index contributed by atoms with van der Waals surface area (Å²) in [4.78, 5) is 8.78. The van der Waals surface area contributed by atoms with Crippen molar-refractivity contribution in [2.24, 2.45) is 0 Å². The summed E-state index contributed by atoms with van der Waals surface area (Å²) < 4.78 is 5.32. The standard InChI is InChI=1S/C10H15N3O/c1-11-6-9-2-4-12-10(13-9)8-3-5-14-7-8/h2,4,8,11H,3,5-7H2,1H3. The molecule has 0 aromatic carbocycles. The van der Waals surface area contributed by atoms with Gasteiger partial charge in [0, 0.05) is 25.3 Å².